The third kappa shape index (κ3) is 2.75. The highest BCUT2D eigenvalue weighted by atomic mass is 16.1. The number of anilines is 1. The van der Waals surface area contributed by atoms with E-state index < -0.39 is 0 Å². The highest BCUT2D eigenvalue weighted by molar-refractivity contribution is 5.94. The Balaban J connectivity index is 1.44. The molecule has 0 atom stereocenters. The Labute approximate surface area is 158 Å². The maximum atomic E-state index is 12.3. The Bertz CT molecular complexity index is 1030. The minimum Gasteiger partial charge on any atom is -0.357 e. The van der Waals surface area contributed by atoms with Crippen LogP contribution in [-0.4, -0.2) is 40.7 Å². The summed E-state index contributed by atoms with van der Waals surface area (Å²) in [5.74, 6) is 1.06. The van der Waals surface area contributed by atoms with Gasteiger partial charge in [-0.2, -0.15) is 0 Å². The highest BCUT2D eigenvalue weighted by Gasteiger charge is 2.39. The molecule has 0 unspecified atom stereocenters. The van der Waals surface area contributed by atoms with Gasteiger partial charge in [-0.15, -0.1) is 0 Å². The summed E-state index contributed by atoms with van der Waals surface area (Å²) in [5.41, 5.74) is 3.18. The van der Waals surface area contributed by atoms with Crippen molar-refractivity contribution in [2.45, 2.75) is 19.3 Å². The van der Waals surface area contributed by atoms with E-state index in [0.717, 1.165) is 48.5 Å². The Morgan fingerprint density at radius 2 is 2.00 bits per heavy atom. The molecule has 27 heavy (non-hydrogen) atoms. The second-order valence-electron chi connectivity index (χ2n) is 8.05. The minimum atomic E-state index is -0.00679. The molecule has 5 heterocycles. The lowest BCUT2D eigenvalue weighted by Crippen LogP contribution is -2.38. The summed E-state index contributed by atoms with van der Waals surface area (Å²) in [5, 5.41) is 4.42. The fourth-order valence-corrected chi connectivity index (χ4v) is 4.73. The zero-order chi connectivity index (χ0) is 18.4. The third-order valence-electron chi connectivity index (χ3n) is 6.38. The van der Waals surface area contributed by atoms with Gasteiger partial charge < -0.3 is 19.8 Å². The van der Waals surface area contributed by atoms with Gasteiger partial charge in [0.2, 0.25) is 0 Å². The van der Waals surface area contributed by atoms with E-state index in [9.17, 15) is 4.79 Å². The third-order valence-corrected chi connectivity index (χ3v) is 6.38. The maximum absolute atomic E-state index is 12.3. The molecule has 0 radical (unpaired) electrons. The average Bonchev–Trinajstić information content (AvgIpc) is 3.34. The van der Waals surface area contributed by atoms with Crippen molar-refractivity contribution in [2.24, 2.45) is 12.5 Å². The van der Waals surface area contributed by atoms with Crippen molar-refractivity contribution < 1.29 is 0 Å². The Kier molecular flexibility index (Phi) is 3.82. The molecule has 1 spiro atoms. The first kappa shape index (κ1) is 16.6. The van der Waals surface area contributed by atoms with E-state index in [0.29, 0.717) is 10.9 Å². The molecule has 6 nitrogen and oxygen atoms in total. The number of piperidine rings is 1. The van der Waals surface area contributed by atoms with Crippen molar-refractivity contribution in [1.82, 2.24) is 19.9 Å². The molecular weight excluding hydrogens is 338 g/mol. The molecule has 2 saturated heterocycles. The number of aromatic nitrogens is 3. The number of pyridine rings is 2. The van der Waals surface area contributed by atoms with Gasteiger partial charge in [-0.3, -0.25) is 4.79 Å². The van der Waals surface area contributed by atoms with Gasteiger partial charge in [0.15, 0.2) is 0 Å². The number of aryl methyl sites for hydroxylation is 1. The Morgan fingerprint density at radius 3 is 2.78 bits per heavy atom. The Morgan fingerprint density at radius 1 is 1.15 bits per heavy atom. The van der Waals surface area contributed by atoms with E-state index in [1.165, 1.54) is 19.3 Å². The maximum Gasteiger partial charge on any atom is 0.274 e. The molecule has 0 bridgehead atoms. The molecule has 3 aromatic rings. The molecule has 3 aromatic heterocycles. The molecule has 0 saturated carbocycles. The molecule has 0 amide bonds. The van der Waals surface area contributed by atoms with Crippen molar-refractivity contribution in [3.8, 4) is 11.1 Å². The van der Waals surface area contributed by atoms with Crippen LogP contribution in [0, 0.1) is 5.41 Å². The second-order valence-corrected chi connectivity index (χ2v) is 8.05. The molecule has 0 aromatic carbocycles. The number of rotatable bonds is 2. The topological polar surface area (TPSA) is 66.0 Å². The van der Waals surface area contributed by atoms with Crippen molar-refractivity contribution >= 4 is 16.7 Å². The van der Waals surface area contributed by atoms with Crippen LogP contribution in [0.4, 0.5) is 5.82 Å². The lowest BCUT2D eigenvalue weighted by Gasteiger charge is -2.33. The highest BCUT2D eigenvalue weighted by Crippen LogP contribution is 2.40. The first-order chi connectivity index (χ1) is 13.2. The molecule has 140 valence electrons. The van der Waals surface area contributed by atoms with Gasteiger partial charge in [0, 0.05) is 55.2 Å². The quantitative estimate of drug-likeness (QED) is 0.734. The van der Waals surface area contributed by atoms with Crippen LogP contribution in [0.25, 0.3) is 22.0 Å². The predicted octanol–water partition coefficient (Wildman–Crippen LogP) is 2.51. The fraction of sp³-hybridized carbons (Fsp3) is 0.429. The van der Waals surface area contributed by atoms with Crippen LogP contribution >= 0.6 is 0 Å². The molecule has 2 fully saturated rings. The van der Waals surface area contributed by atoms with Gasteiger partial charge in [0.25, 0.3) is 5.56 Å². The first-order valence-electron chi connectivity index (χ1n) is 9.74. The van der Waals surface area contributed by atoms with Gasteiger partial charge >= 0.3 is 0 Å². The van der Waals surface area contributed by atoms with Crippen molar-refractivity contribution in [2.75, 3.05) is 31.1 Å². The van der Waals surface area contributed by atoms with Crippen LogP contribution in [0.2, 0.25) is 0 Å². The largest absolute Gasteiger partial charge is 0.357 e. The number of aromatic amines is 1. The van der Waals surface area contributed by atoms with Gasteiger partial charge in [-0.05, 0) is 56.0 Å². The summed E-state index contributed by atoms with van der Waals surface area (Å²) < 4.78 is 1.63. The van der Waals surface area contributed by atoms with Crippen LogP contribution in [0.3, 0.4) is 0 Å². The summed E-state index contributed by atoms with van der Waals surface area (Å²) in [6.45, 7) is 4.48. The molecule has 0 aliphatic carbocycles. The molecule has 6 heteroatoms. The molecule has 2 aliphatic rings. The number of H-pyrrole nitrogens is 1. The van der Waals surface area contributed by atoms with E-state index in [1.54, 1.807) is 11.6 Å². The van der Waals surface area contributed by atoms with E-state index in [-0.39, 0.29) is 5.56 Å². The van der Waals surface area contributed by atoms with E-state index in [2.05, 4.69) is 27.3 Å². The Hall–Kier alpha value is -2.60. The smallest absolute Gasteiger partial charge is 0.274 e. The van der Waals surface area contributed by atoms with Crippen molar-refractivity contribution in [1.29, 1.82) is 0 Å². The minimum absolute atomic E-state index is 0.00679. The molecular formula is C21H25N5O. The van der Waals surface area contributed by atoms with Crippen LogP contribution in [0.5, 0.6) is 0 Å². The number of nitrogens with one attached hydrogen (secondary N) is 2. The zero-order valence-electron chi connectivity index (χ0n) is 15.7. The first-order valence-corrected chi connectivity index (χ1v) is 9.74. The van der Waals surface area contributed by atoms with E-state index in [4.69, 9.17) is 4.98 Å². The number of hydrogen-bond donors (Lipinski definition) is 2. The second kappa shape index (κ2) is 6.23. The summed E-state index contributed by atoms with van der Waals surface area (Å²) in [6.07, 6.45) is 9.46. The monoisotopic (exact) mass is 363 g/mol. The molecule has 2 N–H and O–H groups in total. The van der Waals surface area contributed by atoms with Crippen LogP contribution in [0.1, 0.15) is 19.3 Å². The molecule has 5 rings (SSSR count). The van der Waals surface area contributed by atoms with Gasteiger partial charge in [-0.25, -0.2) is 4.98 Å². The lowest BCUT2D eigenvalue weighted by molar-refractivity contribution is 0.232. The van der Waals surface area contributed by atoms with E-state index in [1.807, 2.05) is 24.7 Å². The van der Waals surface area contributed by atoms with Crippen LogP contribution in [-0.2, 0) is 7.05 Å². The van der Waals surface area contributed by atoms with Crippen molar-refractivity contribution in [3.63, 3.8) is 0 Å². The summed E-state index contributed by atoms with van der Waals surface area (Å²) in [4.78, 5) is 22.5. The van der Waals surface area contributed by atoms with E-state index >= 15 is 0 Å². The van der Waals surface area contributed by atoms with Crippen LogP contribution < -0.4 is 15.8 Å². The standard InChI is InChI=1S/C21H25N5O/c1-25-13-17(16-4-8-23-19(16)20(25)27)15-2-3-18(24-12-15)26-11-7-21(14-26)5-9-22-10-6-21/h2-4,8,12-13,22-23H,5-7,9-11,14H2,1H3. The zero-order valence-corrected chi connectivity index (χ0v) is 15.7. The number of nitrogens with zero attached hydrogens (tertiary/aromatic N) is 3. The predicted molar refractivity (Wildman–Crippen MR) is 108 cm³/mol. The van der Waals surface area contributed by atoms with Gasteiger partial charge in [0.1, 0.15) is 11.3 Å². The molecule has 2 aliphatic heterocycles. The summed E-state index contributed by atoms with van der Waals surface area (Å²) in [7, 11) is 1.79. The fourth-order valence-electron chi connectivity index (χ4n) is 4.73. The summed E-state index contributed by atoms with van der Waals surface area (Å²) in [6, 6.07) is 6.21. The van der Waals surface area contributed by atoms with Crippen molar-refractivity contribution in [3.05, 3.63) is 47.1 Å². The van der Waals surface area contributed by atoms with Gasteiger partial charge in [-0.1, -0.05) is 0 Å². The average molecular weight is 363 g/mol. The SMILES string of the molecule is Cn1cc(-c2ccc(N3CCC4(CCNCC4)C3)nc2)c2cc[nH]c2c1=O. The lowest BCUT2D eigenvalue weighted by atomic mass is 9.78. The number of fused-ring (bicyclic) bond motifs is 1. The van der Waals surface area contributed by atoms with Gasteiger partial charge in [0.05, 0.1) is 0 Å². The van der Waals surface area contributed by atoms with Crippen LogP contribution in [0.15, 0.2) is 41.6 Å². The summed E-state index contributed by atoms with van der Waals surface area (Å²) >= 11 is 0. The number of hydrogen-bond acceptors (Lipinski definition) is 4. The normalized spacial score (nSPS) is 19.2.